The summed E-state index contributed by atoms with van der Waals surface area (Å²) in [7, 11) is 0. The molecule has 266 valence electrons. The van der Waals surface area contributed by atoms with Crippen molar-refractivity contribution in [2.24, 2.45) is 0 Å². The van der Waals surface area contributed by atoms with Gasteiger partial charge in [-0.2, -0.15) is 0 Å². The predicted molar refractivity (Wildman–Crippen MR) is 239 cm³/mol. The second-order valence-corrected chi connectivity index (χ2v) is 14.6. The highest BCUT2D eigenvalue weighted by Crippen LogP contribution is 2.40. The van der Waals surface area contributed by atoms with Crippen LogP contribution in [-0.4, -0.2) is 14.5 Å². The summed E-state index contributed by atoms with van der Waals surface area (Å²) in [5.74, 6) is 0. The highest BCUT2D eigenvalue weighted by Gasteiger charge is 2.18. The second-order valence-electron chi connectivity index (χ2n) is 14.6. The molecule has 0 aliphatic rings. The summed E-state index contributed by atoms with van der Waals surface area (Å²) >= 11 is 0. The van der Waals surface area contributed by atoms with E-state index in [4.69, 9.17) is 9.97 Å². The van der Waals surface area contributed by atoms with Crippen molar-refractivity contribution < 1.29 is 0 Å². The fourth-order valence-electron chi connectivity index (χ4n) is 8.50. The zero-order valence-corrected chi connectivity index (χ0v) is 31.0. The third-order valence-corrected chi connectivity index (χ3v) is 11.2. The summed E-state index contributed by atoms with van der Waals surface area (Å²) < 4.78 is 2.40. The number of benzene rings is 8. The van der Waals surface area contributed by atoms with Gasteiger partial charge in [-0.15, -0.1) is 0 Å². The molecule has 0 fully saturated rings. The Morgan fingerprint density at radius 2 is 0.860 bits per heavy atom. The van der Waals surface area contributed by atoms with Crippen LogP contribution in [-0.2, 0) is 0 Å². The Bertz CT molecular complexity index is 3190. The first-order valence-corrected chi connectivity index (χ1v) is 19.4. The molecule has 11 aromatic rings. The van der Waals surface area contributed by atoms with Crippen molar-refractivity contribution in [3.63, 3.8) is 0 Å². The van der Waals surface area contributed by atoms with E-state index in [0.29, 0.717) is 0 Å². The van der Waals surface area contributed by atoms with E-state index in [-0.39, 0.29) is 0 Å². The Labute approximate surface area is 330 Å². The second kappa shape index (κ2) is 13.6. The highest BCUT2D eigenvalue weighted by atomic mass is 15.0. The molecule has 0 aliphatic carbocycles. The van der Waals surface area contributed by atoms with Crippen molar-refractivity contribution in [1.82, 2.24) is 14.5 Å². The number of hydrogen-bond donors (Lipinski definition) is 0. The van der Waals surface area contributed by atoms with Gasteiger partial charge in [-0.3, -0.25) is 9.97 Å². The molecule has 0 radical (unpaired) electrons. The topological polar surface area (TPSA) is 30.7 Å². The Kier molecular flexibility index (Phi) is 7.82. The van der Waals surface area contributed by atoms with E-state index in [1.807, 2.05) is 24.5 Å². The molecule has 0 bridgehead atoms. The molecule has 0 atom stereocenters. The molecule has 8 aromatic carbocycles. The van der Waals surface area contributed by atoms with Crippen LogP contribution in [0.25, 0.3) is 105 Å². The van der Waals surface area contributed by atoms with Gasteiger partial charge in [0.2, 0.25) is 0 Å². The average Bonchev–Trinajstić information content (AvgIpc) is 3.63. The molecule has 3 heteroatoms. The maximum atomic E-state index is 4.83. The van der Waals surface area contributed by atoms with Crippen molar-refractivity contribution >= 4 is 43.6 Å². The number of pyridine rings is 2. The zero-order valence-electron chi connectivity index (χ0n) is 31.0. The summed E-state index contributed by atoms with van der Waals surface area (Å²) in [6.07, 6.45) is 3.82. The number of rotatable bonds is 6. The maximum Gasteiger partial charge on any atom is 0.0986 e. The van der Waals surface area contributed by atoms with Crippen LogP contribution in [0.1, 0.15) is 0 Å². The molecule has 0 unspecified atom stereocenters. The summed E-state index contributed by atoms with van der Waals surface area (Å²) in [6.45, 7) is 0. The van der Waals surface area contributed by atoms with E-state index >= 15 is 0 Å². The van der Waals surface area contributed by atoms with E-state index in [1.54, 1.807) is 0 Å². The van der Waals surface area contributed by atoms with Crippen LogP contribution in [0.5, 0.6) is 0 Å². The van der Waals surface area contributed by atoms with E-state index in [0.717, 1.165) is 38.5 Å². The number of para-hydroxylation sites is 1. The largest absolute Gasteiger partial charge is 0.309 e. The van der Waals surface area contributed by atoms with Crippen molar-refractivity contribution in [2.45, 2.75) is 0 Å². The zero-order chi connectivity index (χ0) is 37.7. The van der Waals surface area contributed by atoms with Crippen LogP contribution in [0.3, 0.4) is 0 Å². The SMILES string of the molecule is c1ccc(-c2cccc(-c3cc(-c4cccc(-c5ccccc5)c4)cc(-c4ccc5c(c4)c4ccccc4n5-c4cccc5cnc6cccnc6c45)c3)c2)cc1. The van der Waals surface area contributed by atoms with Crippen LogP contribution in [0.4, 0.5) is 0 Å². The normalized spacial score (nSPS) is 11.5. The summed E-state index contributed by atoms with van der Waals surface area (Å²) in [5.41, 5.74) is 17.1. The maximum absolute atomic E-state index is 4.83. The van der Waals surface area contributed by atoms with Crippen molar-refractivity contribution in [3.8, 4) is 61.3 Å². The van der Waals surface area contributed by atoms with Gasteiger partial charge >= 0.3 is 0 Å². The van der Waals surface area contributed by atoms with Gasteiger partial charge in [0.15, 0.2) is 0 Å². The fraction of sp³-hybridized carbons (Fsp3) is 0. The Morgan fingerprint density at radius 1 is 0.333 bits per heavy atom. The van der Waals surface area contributed by atoms with Crippen LogP contribution < -0.4 is 0 Å². The molecule has 0 spiro atoms. The summed E-state index contributed by atoms with van der Waals surface area (Å²) in [5, 5.41) is 4.58. The van der Waals surface area contributed by atoms with Crippen LogP contribution in [0.15, 0.2) is 213 Å². The molecular weight excluding hydrogens is 691 g/mol. The molecule has 3 nitrogen and oxygen atoms in total. The number of fused-ring (bicyclic) bond motifs is 6. The molecule has 3 heterocycles. The number of hydrogen-bond acceptors (Lipinski definition) is 2. The predicted octanol–water partition coefficient (Wildman–Crippen LogP) is 14.2. The van der Waals surface area contributed by atoms with Crippen molar-refractivity contribution in [2.75, 3.05) is 0 Å². The van der Waals surface area contributed by atoms with E-state index < -0.39 is 0 Å². The van der Waals surface area contributed by atoms with Gasteiger partial charge in [-0.25, -0.2) is 0 Å². The van der Waals surface area contributed by atoms with E-state index in [9.17, 15) is 0 Å². The van der Waals surface area contributed by atoms with Crippen LogP contribution >= 0.6 is 0 Å². The lowest BCUT2D eigenvalue weighted by Crippen LogP contribution is -1.97. The summed E-state index contributed by atoms with van der Waals surface area (Å²) in [6, 6.07) is 72.2. The molecule has 0 amide bonds. The number of nitrogens with zero attached hydrogens (tertiary/aromatic N) is 3. The molecule has 0 saturated carbocycles. The minimum atomic E-state index is 0.889. The van der Waals surface area contributed by atoms with Crippen molar-refractivity contribution in [3.05, 3.63) is 213 Å². The van der Waals surface area contributed by atoms with Gasteiger partial charge in [0.1, 0.15) is 0 Å². The lowest BCUT2D eigenvalue weighted by Gasteiger charge is -2.14. The van der Waals surface area contributed by atoms with Crippen molar-refractivity contribution in [1.29, 1.82) is 0 Å². The Hall–Kier alpha value is -7.62. The lowest BCUT2D eigenvalue weighted by atomic mass is 9.91. The molecule has 3 aromatic heterocycles. The first-order chi connectivity index (χ1) is 28.2. The van der Waals surface area contributed by atoms with Gasteiger partial charge in [0.25, 0.3) is 0 Å². The van der Waals surface area contributed by atoms with Gasteiger partial charge < -0.3 is 4.57 Å². The van der Waals surface area contributed by atoms with E-state index in [2.05, 4.69) is 193 Å². The third kappa shape index (κ3) is 5.76. The molecule has 57 heavy (non-hydrogen) atoms. The molecule has 0 aliphatic heterocycles. The standard InChI is InChI=1S/C54H35N3/c1-3-13-36(14-4-1)38-17-9-19-40(29-38)44-31-45(41-20-10-18-39(30-41)37-15-5-2-6-16-37)33-46(32-44)42-26-27-51-48(34-42)47-22-7-8-24-50(47)57(51)52-25-11-21-43-35-56-49-23-12-28-55-54(49)53(43)52/h1-35H. The van der Waals surface area contributed by atoms with Gasteiger partial charge in [0.05, 0.1) is 27.8 Å². The molecular formula is C54H35N3. The molecule has 11 rings (SSSR count). The minimum absolute atomic E-state index is 0.889. The Morgan fingerprint density at radius 3 is 1.53 bits per heavy atom. The minimum Gasteiger partial charge on any atom is -0.309 e. The fourth-order valence-corrected chi connectivity index (χ4v) is 8.50. The lowest BCUT2D eigenvalue weighted by molar-refractivity contribution is 1.20. The number of aromatic nitrogens is 3. The monoisotopic (exact) mass is 725 g/mol. The molecule has 0 N–H and O–H groups in total. The van der Waals surface area contributed by atoms with Gasteiger partial charge in [0, 0.05) is 33.9 Å². The van der Waals surface area contributed by atoms with E-state index in [1.165, 1.54) is 66.4 Å². The van der Waals surface area contributed by atoms with Gasteiger partial charge in [-0.05, 0) is 122 Å². The van der Waals surface area contributed by atoms with Gasteiger partial charge in [-0.1, -0.05) is 133 Å². The highest BCUT2D eigenvalue weighted by molar-refractivity contribution is 6.14. The Balaban J connectivity index is 1.12. The first-order valence-electron chi connectivity index (χ1n) is 19.4. The smallest absolute Gasteiger partial charge is 0.0986 e. The van der Waals surface area contributed by atoms with Crippen LogP contribution in [0, 0.1) is 0 Å². The quantitative estimate of drug-likeness (QED) is 0.160. The average molecular weight is 726 g/mol. The first kappa shape index (κ1) is 32.8. The third-order valence-electron chi connectivity index (χ3n) is 11.2. The molecule has 0 saturated heterocycles. The van der Waals surface area contributed by atoms with Crippen LogP contribution in [0.2, 0.25) is 0 Å². The summed E-state index contributed by atoms with van der Waals surface area (Å²) in [4.78, 5) is 9.56.